The molecule has 0 N–H and O–H groups in total. The van der Waals surface area contributed by atoms with Crippen LogP contribution in [-0.2, 0) is 6.54 Å². The predicted octanol–water partition coefficient (Wildman–Crippen LogP) is 3.55. The predicted molar refractivity (Wildman–Crippen MR) is 99.5 cm³/mol. The van der Waals surface area contributed by atoms with Gasteiger partial charge in [0.2, 0.25) is 0 Å². The fraction of sp³-hybridized carbons (Fsp3) is 0.588. The van der Waals surface area contributed by atoms with Crippen molar-refractivity contribution in [1.82, 2.24) is 9.80 Å². The first-order chi connectivity index (χ1) is 10.4. The molecule has 122 valence electrons. The average molecular weight is 417 g/mol. The normalized spacial score (nSPS) is 21.5. The first-order valence-corrected chi connectivity index (χ1v) is 8.01. The van der Waals surface area contributed by atoms with Crippen molar-refractivity contribution in [2.75, 3.05) is 32.9 Å². The van der Waals surface area contributed by atoms with Crippen LogP contribution in [-0.4, -0.2) is 48.6 Å². The smallest absolute Gasteiger partial charge is 0.197 e. The minimum atomic E-state index is -0.196. The van der Waals surface area contributed by atoms with E-state index >= 15 is 0 Å². The van der Waals surface area contributed by atoms with Crippen molar-refractivity contribution >= 4 is 29.9 Å². The second kappa shape index (κ2) is 8.70. The van der Waals surface area contributed by atoms with E-state index in [2.05, 4.69) is 40.1 Å². The number of aliphatic imine (C=N–C) groups is 1. The molecule has 1 aromatic rings. The molecule has 5 heteroatoms. The summed E-state index contributed by atoms with van der Waals surface area (Å²) in [7, 11) is 0. The maximum absolute atomic E-state index is 12.6. The van der Waals surface area contributed by atoms with Crippen LogP contribution in [0.15, 0.2) is 35.3 Å². The number of halogens is 2. The van der Waals surface area contributed by atoms with Crippen LogP contribution in [0.4, 0.5) is 4.39 Å². The topological polar surface area (TPSA) is 18.8 Å². The molecule has 0 aromatic heterocycles. The van der Waals surface area contributed by atoms with Crippen LogP contribution < -0.4 is 0 Å². The second-order valence-corrected chi connectivity index (χ2v) is 6.02. The Hall–Kier alpha value is -0.850. The van der Waals surface area contributed by atoms with E-state index in [0.29, 0.717) is 12.3 Å². The first-order valence-electron chi connectivity index (χ1n) is 8.01. The molecule has 0 amide bonds. The number of hydrogen-bond donors (Lipinski definition) is 0. The summed E-state index contributed by atoms with van der Waals surface area (Å²) >= 11 is 0. The summed E-state index contributed by atoms with van der Waals surface area (Å²) in [5.41, 5.74) is 1.32. The van der Waals surface area contributed by atoms with Crippen LogP contribution in [0.25, 0.3) is 0 Å². The van der Waals surface area contributed by atoms with Crippen molar-refractivity contribution < 1.29 is 4.39 Å². The highest BCUT2D eigenvalue weighted by molar-refractivity contribution is 14.0. The van der Waals surface area contributed by atoms with E-state index in [0.717, 1.165) is 51.5 Å². The maximum Gasteiger partial charge on any atom is 0.197 e. The monoisotopic (exact) mass is 417 g/mol. The van der Waals surface area contributed by atoms with E-state index in [4.69, 9.17) is 4.99 Å². The van der Waals surface area contributed by atoms with E-state index in [1.807, 2.05) is 0 Å². The molecule has 0 radical (unpaired) electrons. The number of nitrogens with zero attached hydrogens (tertiary/aromatic N) is 3. The van der Waals surface area contributed by atoms with Gasteiger partial charge in [0.05, 0.1) is 13.2 Å². The molecule has 0 bridgehead atoms. The zero-order valence-corrected chi connectivity index (χ0v) is 15.3. The first kappa shape index (κ1) is 17.5. The lowest BCUT2D eigenvalue weighted by Gasteiger charge is -2.37. The van der Waals surface area contributed by atoms with Gasteiger partial charge in [-0.1, -0.05) is 30.3 Å². The Morgan fingerprint density at radius 1 is 1.18 bits per heavy atom. The molecule has 1 fully saturated rings. The SMILES string of the molecule is FCCC1CCCN(C2=NCCN2Cc2ccccc2)C1.I. The summed E-state index contributed by atoms with van der Waals surface area (Å²) in [6.07, 6.45) is 3.01. The van der Waals surface area contributed by atoms with Gasteiger partial charge in [-0.05, 0) is 30.7 Å². The molecular weight excluding hydrogens is 392 g/mol. The fourth-order valence-corrected chi connectivity index (χ4v) is 3.36. The largest absolute Gasteiger partial charge is 0.343 e. The molecule has 3 rings (SSSR count). The highest BCUT2D eigenvalue weighted by Gasteiger charge is 2.27. The Kier molecular flexibility index (Phi) is 6.92. The van der Waals surface area contributed by atoms with E-state index < -0.39 is 0 Å². The van der Waals surface area contributed by atoms with Crippen LogP contribution >= 0.6 is 24.0 Å². The van der Waals surface area contributed by atoms with Crippen LogP contribution in [0.3, 0.4) is 0 Å². The van der Waals surface area contributed by atoms with Gasteiger partial charge in [-0.3, -0.25) is 9.38 Å². The lowest BCUT2D eigenvalue weighted by molar-refractivity contribution is 0.213. The summed E-state index contributed by atoms with van der Waals surface area (Å²) in [5, 5.41) is 0. The van der Waals surface area contributed by atoms with E-state index in [-0.39, 0.29) is 30.7 Å². The lowest BCUT2D eigenvalue weighted by Crippen LogP contribution is -2.46. The van der Waals surface area contributed by atoms with Crippen LogP contribution in [0.2, 0.25) is 0 Å². The molecular formula is C17H25FIN3. The van der Waals surface area contributed by atoms with Crippen molar-refractivity contribution in [3.05, 3.63) is 35.9 Å². The Balaban J connectivity index is 0.00000176. The van der Waals surface area contributed by atoms with Crippen molar-refractivity contribution in [3.63, 3.8) is 0 Å². The maximum atomic E-state index is 12.6. The summed E-state index contributed by atoms with van der Waals surface area (Å²) in [6, 6.07) is 10.5. The molecule has 0 spiro atoms. The van der Waals surface area contributed by atoms with Crippen LogP contribution in [0.1, 0.15) is 24.8 Å². The number of guanidine groups is 1. The van der Waals surface area contributed by atoms with Gasteiger partial charge in [0.25, 0.3) is 0 Å². The van der Waals surface area contributed by atoms with Gasteiger partial charge in [0.1, 0.15) is 0 Å². The third-order valence-electron chi connectivity index (χ3n) is 4.44. The van der Waals surface area contributed by atoms with Gasteiger partial charge in [0, 0.05) is 26.2 Å². The Morgan fingerprint density at radius 3 is 2.77 bits per heavy atom. The Morgan fingerprint density at radius 2 is 2.00 bits per heavy atom. The molecule has 2 aliphatic heterocycles. The van der Waals surface area contributed by atoms with E-state index in [9.17, 15) is 4.39 Å². The third-order valence-corrected chi connectivity index (χ3v) is 4.44. The van der Waals surface area contributed by atoms with E-state index in [1.165, 1.54) is 5.56 Å². The Labute approximate surface area is 149 Å². The van der Waals surface area contributed by atoms with Crippen molar-refractivity contribution in [2.45, 2.75) is 25.8 Å². The number of rotatable bonds is 4. The average Bonchev–Trinajstić information content (AvgIpc) is 2.97. The highest BCUT2D eigenvalue weighted by Crippen LogP contribution is 2.22. The molecule has 22 heavy (non-hydrogen) atoms. The third kappa shape index (κ3) is 4.33. The number of benzene rings is 1. The van der Waals surface area contributed by atoms with Gasteiger partial charge in [-0.15, -0.1) is 24.0 Å². The molecule has 1 atom stereocenters. The van der Waals surface area contributed by atoms with Crippen LogP contribution in [0.5, 0.6) is 0 Å². The lowest BCUT2D eigenvalue weighted by atomic mass is 9.95. The fourth-order valence-electron chi connectivity index (χ4n) is 3.36. The molecule has 1 saturated heterocycles. The second-order valence-electron chi connectivity index (χ2n) is 6.02. The molecule has 3 nitrogen and oxygen atoms in total. The molecule has 2 heterocycles. The molecule has 1 aromatic carbocycles. The van der Waals surface area contributed by atoms with Crippen LogP contribution in [0, 0.1) is 5.92 Å². The Bertz CT molecular complexity index is 478. The minimum Gasteiger partial charge on any atom is -0.343 e. The summed E-state index contributed by atoms with van der Waals surface area (Å²) in [5.74, 6) is 1.62. The number of alkyl halides is 1. The van der Waals surface area contributed by atoms with Crippen molar-refractivity contribution in [3.8, 4) is 0 Å². The van der Waals surface area contributed by atoms with Gasteiger partial charge < -0.3 is 9.80 Å². The zero-order chi connectivity index (χ0) is 14.5. The summed E-state index contributed by atoms with van der Waals surface area (Å²) in [6.45, 7) is 4.63. The number of likely N-dealkylation sites (tertiary alicyclic amines) is 1. The molecule has 0 saturated carbocycles. The quantitative estimate of drug-likeness (QED) is 0.698. The van der Waals surface area contributed by atoms with E-state index in [1.54, 1.807) is 0 Å². The molecule has 1 unspecified atom stereocenters. The number of piperidine rings is 1. The molecule has 2 aliphatic rings. The van der Waals surface area contributed by atoms with Crippen molar-refractivity contribution in [1.29, 1.82) is 0 Å². The van der Waals surface area contributed by atoms with Gasteiger partial charge in [-0.2, -0.15) is 0 Å². The summed E-state index contributed by atoms with van der Waals surface area (Å²) in [4.78, 5) is 9.45. The zero-order valence-electron chi connectivity index (χ0n) is 13.0. The standard InChI is InChI=1S/C17H24FN3.HI/c18-9-8-16-7-4-11-20(14-16)17-19-10-12-21(17)13-15-5-2-1-3-6-15;/h1-3,5-6,16H,4,7-14H2;1H. The highest BCUT2D eigenvalue weighted by atomic mass is 127. The minimum absolute atomic E-state index is 0. The van der Waals surface area contributed by atoms with Gasteiger partial charge >= 0.3 is 0 Å². The number of hydrogen-bond acceptors (Lipinski definition) is 3. The van der Waals surface area contributed by atoms with Gasteiger partial charge in [0.15, 0.2) is 5.96 Å². The van der Waals surface area contributed by atoms with Crippen molar-refractivity contribution in [2.24, 2.45) is 10.9 Å². The van der Waals surface area contributed by atoms with Gasteiger partial charge in [-0.25, -0.2) is 0 Å². The molecule has 0 aliphatic carbocycles. The summed E-state index contributed by atoms with van der Waals surface area (Å²) < 4.78 is 12.6.